The molecule has 0 aliphatic carbocycles. The van der Waals surface area contributed by atoms with E-state index in [2.05, 4.69) is 14.8 Å². The van der Waals surface area contributed by atoms with Gasteiger partial charge in [-0.25, -0.2) is 4.39 Å². The van der Waals surface area contributed by atoms with Gasteiger partial charge in [0.25, 0.3) is 5.91 Å². The Morgan fingerprint density at radius 3 is 2.76 bits per heavy atom. The van der Waals surface area contributed by atoms with Crippen LogP contribution in [0.5, 0.6) is 0 Å². The second-order valence-electron chi connectivity index (χ2n) is 6.64. The maximum absolute atomic E-state index is 13.9. The van der Waals surface area contributed by atoms with Gasteiger partial charge in [0.2, 0.25) is 0 Å². The highest BCUT2D eigenvalue weighted by Gasteiger charge is 2.37. The first-order valence-corrected chi connectivity index (χ1v) is 8.57. The van der Waals surface area contributed by atoms with Crippen LogP contribution < -0.4 is 0 Å². The minimum absolute atomic E-state index is 0.0350. The van der Waals surface area contributed by atoms with Gasteiger partial charge in [-0.2, -0.15) is 0 Å². The first-order valence-electron chi connectivity index (χ1n) is 8.57. The smallest absolute Gasteiger partial charge is 0.309 e. The second kappa shape index (κ2) is 7.45. The number of carbonyl (C=O) groups excluding carboxylic acids is 1. The normalized spacial score (nSPS) is 25.3. The number of carboxylic acids is 1. The van der Waals surface area contributed by atoms with Crippen molar-refractivity contribution >= 4 is 11.9 Å². The van der Waals surface area contributed by atoms with Gasteiger partial charge >= 0.3 is 5.97 Å². The van der Waals surface area contributed by atoms with Crippen LogP contribution in [0.25, 0.3) is 0 Å². The third-order valence-electron chi connectivity index (χ3n) is 5.09. The van der Waals surface area contributed by atoms with Crippen LogP contribution in [0, 0.1) is 11.7 Å². The maximum atomic E-state index is 13.9. The fourth-order valence-electron chi connectivity index (χ4n) is 3.65. The molecule has 1 amide bonds. The van der Waals surface area contributed by atoms with Crippen molar-refractivity contribution in [2.45, 2.75) is 13.0 Å². The number of fused-ring (bicyclic) bond motifs is 1. The van der Waals surface area contributed by atoms with Crippen molar-refractivity contribution in [2.24, 2.45) is 5.92 Å². The number of aromatic nitrogens is 1. The van der Waals surface area contributed by atoms with Crippen molar-refractivity contribution in [2.75, 3.05) is 45.8 Å². The van der Waals surface area contributed by atoms with Gasteiger partial charge in [-0.1, -0.05) is 6.92 Å². The number of amides is 1. The number of halogens is 1. The predicted molar refractivity (Wildman–Crippen MR) is 88.7 cm³/mol. The van der Waals surface area contributed by atoms with Crippen LogP contribution in [0.15, 0.2) is 18.5 Å². The lowest BCUT2D eigenvalue weighted by Crippen LogP contribution is -2.57. The largest absolute Gasteiger partial charge is 0.481 e. The van der Waals surface area contributed by atoms with Crippen LogP contribution in [0.2, 0.25) is 0 Å². The quantitative estimate of drug-likeness (QED) is 0.850. The van der Waals surface area contributed by atoms with E-state index < -0.39 is 17.7 Å². The van der Waals surface area contributed by atoms with E-state index in [0.717, 1.165) is 12.7 Å². The molecule has 2 aliphatic rings. The summed E-state index contributed by atoms with van der Waals surface area (Å²) in [4.78, 5) is 33.7. The molecule has 0 aromatic carbocycles. The molecule has 136 valence electrons. The number of hydrogen-bond acceptors (Lipinski definition) is 5. The molecule has 1 aromatic heterocycles. The van der Waals surface area contributed by atoms with Crippen LogP contribution in [-0.2, 0) is 4.79 Å². The van der Waals surface area contributed by atoms with Gasteiger partial charge in [0.15, 0.2) is 5.82 Å². The number of aliphatic carboxylic acids is 1. The van der Waals surface area contributed by atoms with Crippen LogP contribution >= 0.6 is 0 Å². The van der Waals surface area contributed by atoms with Crippen molar-refractivity contribution in [3.05, 3.63) is 29.8 Å². The molecular weight excluding hydrogens is 327 g/mol. The number of pyridine rings is 1. The lowest BCUT2D eigenvalue weighted by atomic mass is 10.1. The van der Waals surface area contributed by atoms with Crippen LogP contribution in [0.4, 0.5) is 4.39 Å². The number of carbonyl (C=O) groups is 2. The number of likely N-dealkylation sites (N-methyl/N-ethyl adjacent to an activating group) is 1. The maximum Gasteiger partial charge on any atom is 0.309 e. The van der Waals surface area contributed by atoms with Gasteiger partial charge in [-0.3, -0.25) is 19.5 Å². The van der Waals surface area contributed by atoms with E-state index in [1.54, 1.807) is 4.90 Å². The summed E-state index contributed by atoms with van der Waals surface area (Å²) >= 11 is 0. The van der Waals surface area contributed by atoms with Crippen molar-refractivity contribution in [3.8, 4) is 0 Å². The second-order valence-corrected chi connectivity index (χ2v) is 6.64. The summed E-state index contributed by atoms with van der Waals surface area (Å²) in [6.07, 6.45) is 2.46. The predicted octanol–water partition coefficient (Wildman–Crippen LogP) is 0.383. The van der Waals surface area contributed by atoms with Gasteiger partial charge in [-0.15, -0.1) is 0 Å². The van der Waals surface area contributed by atoms with E-state index in [-0.39, 0.29) is 17.5 Å². The molecule has 3 rings (SSSR count). The number of rotatable bonds is 3. The van der Waals surface area contributed by atoms with E-state index >= 15 is 0 Å². The summed E-state index contributed by atoms with van der Waals surface area (Å²) in [5.74, 6) is -2.15. The lowest BCUT2D eigenvalue weighted by Gasteiger charge is -2.41. The molecule has 7 nitrogen and oxygen atoms in total. The molecule has 2 unspecified atom stereocenters. The number of piperazine rings is 1. The average Bonchev–Trinajstić information content (AvgIpc) is 2.80. The fourth-order valence-corrected chi connectivity index (χ4v) is 3.65. The number of nitrogens with zero attached hydrogens (tertiary/aromatic N) is 4. The molecule has 25 heavy (non-hydrogen) atoms. The Hall–Kier alpha value is -2.06. The van der Waals surface area contributed by atoms with Crippen molar-refractivity contribution < 1.29 is 19.1 Å². The standard InChI is InChI=1S/C17H23FN4O3/c1-2-20-8-12(17(24)25)9-21-5-6-22(11-13(21)10-20)16(23)14-3-4-19-7-15(14)18/h3-4,7,12-13H,2,5-6,8-11H2,1H3,(H,24,25). The number of carboxylic acid groups (broad SMARTS) is 1. The Kier molecular flexibility index (Phi) is 5.29. The average molecular weight is 350 g/mol. The highest BCUT2D eigenvalue weighted by atomic mass is 19.1. The van der Waals surface area contributed by atoms with Gasteiger partial charge in [0, 0.05) is 51.5 Å². The molecule has 3 heterocycles. The summed E-state index contributed by atoms with van der Waals surface area (Å²) in [6.45, 7) is 6.04. The summed E-state index contributed by atoms with van der Waals surface area (Å²) in [6, 6.07) is 1.46. The first-order chi connectivity index (χ1) is 12.0. The molecule has 2 atom stereocenters. The zero-order valence-electron chi connectivity index (χ0n) is 14.3. The van der Waals surface area contributed by atoms with Crippen LogP contribution in [-0.4, -0.2) is 88.5 Å². The fraction of sp³-hybridized carbons (Fsp3) is 0.588. The summed E-state index contributed by atoms with van der Waals surface area (Å²) in [5.41, 5.74) is 0.0350. The third-order valence-corrected chi connectivity index (χ3v) is 5.09. The molecular formula is C17H23FN4O3. The van der Waals surface area contributed by atoms with Gasteiger partial charge in [0.1, 0.15) is 0 Å². The third kappa shape index (κ3) is 3.80. The van der Waals surface area contributed by atoms with Crippen LogP contribution in [0.3, 0.4) is 0 Å². The van der Waals surface area contributed by atoms with E-state index in [4.69, 9.17) is 0 Å². The van der Waals surface area contributed by atoms with E-state index in [1.807, 2.05) is 6.92 Å². The Morgan fingerprint density at radius 1 is 1.28 bits per heavy atom. The Labute approximate surface area is 146 Å². The van der Waals surface area contributed by atoms with Crippen molar-refractivity contribution in [1.29, 1.82) is 0 Å². The zero-order valence-corrected chi connectivity index (χ0v) is 14.3. The Balaban J connectivity index is 1.74. The minimum Gasteiger partial charge on any atom is -0.481 e. The molecule has 2 saturated heterocycles. The molecule has 8 heteroatoms. The van der Waals surface area contributed by atoms with Gasteiger partial charge in [0.05, 0.1) is 17.7 Å². The Bertz CT molecular complexity index is 657. The summed E-state index contributed by atoms with van der Waals surface area (Å²) in [5, 5.41) is 9.42. The minimum atomic E-state index is -0.781. The van der Waals surface area contributed by atoms with Gasteiger partial charge in [-0.05, 0) is 12.6 Å². The van der Waals surface area contributed by atoms with E-state index in [1.165, 1.54) is 12.3 Å². The molecule has 0 spiro atoms. The molecule has 0 radical (unpaired) electrons. The van der Waals surface area contributed by atoms with Crippen molar-refractivity contribution in [1.82, 2.24) is 19.7 Å². The monoisotopic (exact) mass is 350 g/mol. The molecule has 1 N–H and O–H groups in total. The topological polar surface area (TPSA) is 77.0 Å². The van der Waals surface area contributed by atoms with Gasteiger partial charge < -0.3 is 14.9 Å². The van der Waals surface area contributed by atoms with E-state index in [0.29, 0.717) is 39.3 Å². The van der Waals surface area contributed by atoms with Crippen LogP contribution in [0.1, 0.15) is 17.3 Å². The summed E-state index contributed by atoms with van der Waals surface area (Å²) in [7, 11) is 0. The van der Waals surface area contributed by atoms with E-state index in [9.17, 15) is 19.1 Å². The SMILES string of the molecule is CCN1CC(C(=O)O)CN2CCN(C(=O)c3ccncc3F)CC2C1. The molecule has 0 saturated carbocycles. The molecule has 2 fully saturated rings. The summed E-state index contributed by atoms with van der Waals surface area (Å²) < 4.78 is 13.9. The van der Waals surface area contributed by atoms with Crippen molar-refractivity contribution in [3.63, 3.8) is 0 Å². The zero-order chi connectivity index (χ0) is 18.0. The Morgan fingerprint density at radius 2 is 2.08 bits per heavy atom. The molecule has 0 bridgehead atoms. The first kappa shape index (κ1) is 17.8. The lowest BCUT2D eigenvalue weighted by molar-refractivity contribution is -0.142. The molecule has 2 aliphatic heterocycles. The highest BCUT2D eigenvalue weighted by Crippen LogP contribution is 2.20. The number of hydrogen-bond donors (Lipinski definition) is 1. The highest BCUT2D eigenvalue weighted by molar-refractivity contribution is 5.94. The molecule has 1 aromatic rings.